The molecule has 0 N–H and O–H groups in total. The Bertz CT molecular complexity index is 209. The lowest BCUT2D eigenvalue weighted by Crippen LogP contribution is -2.53. The van der Waals surface area contributed by atoms with Gasteiger partial charge < -0.3 is 9.64 Å². The second-order valence-corrected chi connectivity index (χ2v) is 5.85. The van der Waals surface area contributed by atoms with Gasteiger partial charge in [-0.1, -0.05) is 0 Å². The summed E-state index contributed by atoms with van der Waals surface area (Å²) in [4.78, 5) is 4.70. The summed E-state index contributed by atoms with van der Waals surface area (Å²) < 4.78 is 5.90. The van der Waals surface area contributed by atoms with Crippen molar-refractivity contribution < 1.29 is 4.74 Å². The largest absolute Gasteiger partial charge is 0.368 e. The molecule has 0 amide bonds. The summed E-state index contributed by atoms with van der Waals surface area (Å²) in [6.07, 6.45) is 1.39. The third kappa shape index (κ3) is 5.00. The average molecular weight is 249 g/mol. The maximum Gasteiger partial charge on any atom is 0.0844 e. The number of hydrogen-bond donors (Lipinski definition) is 0. The molecule has 1 unspecified atom stereocenters. The lowest BCUT2D eigenvalue weighted by molar-refractivity contribution is -0.127. The van der Waals surface area contributed by atoms with Crippen LogP contribution in [0.25, 0.3) is 0 Å². The van der Waals surface area contributed by atoms with Crippen molar-refractivity contribution in [1.29, 1.82) is 0 Å². The van der Waals surface area contributed by atoms with E-state index in [0.717, 1.165) is 26.2 Å². The topological polar surface area (TPSA) is 15.7 Å². The molecule has 1 fully saturated rings. The molecule has 0 aromatic heterocycles. The predicted molar refractivity (Wildman–Crippen MR) is 69.3 cm³/mol. The molecular formula is C12H25ClN2O. The maximum absolute atomic E-state index is 5.90. The van der Waals surface area contributed by atoms with Crippen LogP contribution in [-0.2, 0) is 4.74 Å². The van der Waals surface area contributed by atoms with Crippen LogP contribution in [0.3, 0.4) is 0 Å². The van der Waals surface area contributed by atoms with Crippen molar-refractivity contribution in [3.63, 3.8) is 0 Å². The number of nitrogens with zero attached hydrogens (tertiary/aromatic N) is 2. The summed E-state index contributed by atoms with van der Waals surface area (Å²) in [6.45, 7) is 8.55. The van der Waals surface area contributed by atoms with Gasteiger partial charge in [-0.15, -0.1) is 11.6 Å². The highest BCUT2D eigenvalue weighted by Crippen LogP contribution is 2.21. The standard InChI is InChI=1S/C12H25ClN2O/c1-12(2)10-15(7-5-6-14(3)4)9-11(8-13)16-12/h11H,5-10H2,1-4H3. The predicted octanol–water partition coefficient (Wildman–Crippen LogP) is 1.66. The molecule has 96 valence electrons. The molecule has 0 aromatic rings. The number of hydrogen-bond acceptors (Lipinski definition) is 3. The first-order valence-electron chi connectivity index (χ1n) is 6.04. The van der Waals surface area contributed by atoms with Gasteiger partial charge in [0, 0.05) is 19.0 Å². The number of morpholine rings is 1. The lowest BCUT2D eigenvalue weighted by Gasteiger charge is -2.42. The van der Waals surface area contributed by atoms with E-state index in [4.69, 9.17) is 16.3 Å². The minimum absolute atomic E-state index is 0.0596. The van der Waals surface area contributed by atoms with Crippen LogP contribution < -0.4 is 0 Å². The minimum Gasteiger partial charge on any atom is -0.368 e. The Labute approximate surface area is 105 Å². The highest BCUT2D eigenvalue weighted by Gasteiger charge is 2.32. The van der Waals surface area contributed by atoms with Crippen LogP contribution in [-0.4, -0.2) is 67.7 Å². The minimum atomic E-state index is -0.0596. The van der Waals surface area contributed by atoms with Gasteiger partial charge in [0.05, 0.1) is 11.7 Å². The van der Waals surface area contributed by atoms with E-state index in [9.17, 15) is 0 Å². The first-order valence-corrected chi connectivity index (χ1v) is 6.57. The van der Waals surface area contributed by atoms with Crippen molar-refractivity contribution in [2.75, 3.05) is 46.2 Å². The van der Waals surface area contributed by atoms with Crippen LogP contribution in [0.1, 0.15) is 20.3 Å². The molecule has 0 saturated carbocycles. The first kappa shape index (κ1) is 14.2. The zero-order valence-corrected chi connectivity index (χ0v) is 11.8. The van der Waals surface area contributed by atoms with Gasteiger partial charge in [-0.3, -0.25) is 4.90 Å². The van der Waals surface area contributed by atoms with Gasteiger partial charge >= 0.3 is 0 Å². The van der Waals surface area contributed by atoms with Gasteiger partial charge in [0.25, 0.3) is 0 Å². The Kier molecular flexibility index (Phi) is 5.51. The molecule has 0 bridgehead atoms. The highest BCUT2D eigenvalue weighted by atomic mass is 35.5. The van der Waals surface area contributed by atoms with E-state index in [2.05, 4.69) is 37.7 Å². The Balaban J connectivity index is 2.35. The Hall–Kier alpha value is 0.170. The Morgan fingerprint density at radius 3 is 2.69 bits per heavy atom. The zero-order valence-electron chi connectivity index (χ0n) is 11.0. The fourth-order valence-electron chi connectivity index (χ4n) is 2.28. The Morgan fingerprint density at radius 1 is 1.44 bits per heavy atom. The fraction of sp³-hybridized carbons (Fsp3) is 1.00. The van der Waals surface area contributed by atoms with Gasteiger partial charge in [0.15, 0.2) is 0 Å². The monoisotopic (exact) mass is 248 g/mol. The van der Waals surface area contributed by atoms with Crippen LogP contribution in [0, 0.1) is 0 Å². The molecule has 0 aromatic carbocycles. The van der Waals surface area contributed by atoms with Crippen molar-refractivity contribution >= 4 is 11.6 Å². The lowest BCUT2D eigenvalue weighted by atomic mass is 10.1. The van der Waals surface area contributed by atoms with Crippen LogP contribution in [0.15, 0.2) is 0 Å². The van der Waals surface area contributed by atoms with Crippen LogP contribution in [0.2, 0.25) is 0 Å². The van der Waals surface area contributed by atoms with E-state index in [-0.39, 0.29) is 11.7 Å². The van der Waals surface area contributed by atoms with Gasteiger partial charge in [-0.25, -0.2) is 0 Å². The average Bonchev–Trinajstić information content (AvgIpc) is 2.14. The summed E-state index contributed by atoms with van der Waals surface area (Å²) >= 11 is 5.90. The summed E-state index contributed by atoms with van der Waals surface area (Å²) in [5.74, 6) is 0.591. The number of rotatable bonds is 5. The van der Waals surface area contributed by atoms with Crippen molar-refractivity contribution in [3.05, 3.63) is 0 Å². The number of alkyl halides is 1. The molecule has 1 atom stereocenters. The molecule has 1 heterocycles. The van der Waals surface area contributed by atoms with Gasteiger partial charge in [0.2, 0.25) is 0 Å². The molecular weight excluding hydrogens is 224 g/mol. The summed E-state index contributed by atoms with van der Waals surface area (Å²) in [6, 6.07) is 0. The van der Waals surface area contributed by atoms with E-state index >= 15 is 0 Å². The number of ether oxygens (including phenoxy) is 1. The molecule has 1 aliphatic rings. The molecule has 4 heteroatoms. The molecule has 0 radical (unpaired) electrons. The van der Waals surface area contributed by atoms with Crippen LogP contribution in [0.5, 0.6) is 0 Å². The smallest absolute Gasteiger partial charge is 0.0844 e. The first-order chi connectivity index (χ1) is 7.43. The van der Waals surface area contributed by atoms with Gasteiger partial charge in [-0.05, 0) is 47.5 Å². The molecule has 1 aliphatic heterocycles. The molecule has 1 rings (SSSR count). The van der Waals surface area contributed by atoms with E-state index < -0.39 is 0 Å². The van der Waals surface area contributed by atoms with Gasteiger partial charge in [-0.2, -0.15) is 0 Å². The van der Waals surface area contributed by atoms with E-state index in [0.29, 0.717) is 5.88 Å². The van der Waals surface area contributed by atoms with Crippen molar-refractivity contribution in [2.24, 2.45) is 0 Å². The summed E-state index contributed by atoms with van der Waals surface area (Å²) in [5.41, 5.74) is -0.0596. The highest BCUT2D eigenvalue weighted by molar-refractivity contribution is 6.18. The van der Waals surface area contributed by atoms with Gasteiger partial charge in [0.1, 0.15) is 0 Å². The van der Waals surface area contributed by atoms with Crippen molar-refractivity contribution in [1.82, 2.24) is 9.80 Å². The second-order valence-electron chi connectivity index (χ2n) is 5.55. The second kappa shape index (κ2) is 6.20. The molecule has 1 saturated heterocycles. The normalized spacial score (nSPS) is 26.2. The summed E-state index contributed by atoms with van der Waals surface area (Å²) in [5, 5.41) is 0. The van der Waals surface area contributed by atoms with Crippen molar-refractivity contribution in [2.45, 2.75) is 32.0 Å². The third-order valence-corrected chi connectivity index (χ3v) is 3.15. The van der Waals surface area contributed by atoms with E-state index in [1.807, 2.05) is 0 Å². The Morgan fingerprint density at radius 2 is 2.12 bits per heavy atom. The molecule has 16 heavy (non-hydrogen) atoms. The zero-order chi connectivity index (χ0) is 12.2. The maximum atomic E-state index is 5.90. The molecule has 0 spiro atoms. The molecule has 0 aliphatic carbocycles. The van der Waals surface area contributed by atoms with Crippen LogP contribution in [0.4, 0.5) is 0 Å². The quantitative estimate of drug-likeness (QED) is 0.689. The summed E-state index contributed by atoms with van der Waals surface area (Å²) in [7, 11) is 4.23. The third-order valence-electron chi connectivity index (χ3n) is 2.80. The van der Waals surface area contributed by atoms with Crippen molar-refractivity contribution in [3.8, 4) is 0 Å². The fourth-order valence-corrected chi connectivity index (χ4v) is 2.44. The van der Waals surface area contributed by atoms with E-state index in [1.165, 1.54) is 6.42 Å². The number of halogens is 1. The van der Waals surface area contributed by atoms with Crippen LogP contribution >= 0.6 is 11.6 Å². The SMILES string of the molecule is CN(C)CCCN1CC(CCl)OC(C)(C)C1. The van der Waals surface area contributed by atoms with E-state index in [1.54, 1.807) is 0 Å². The molecule has 3 nitrogen and oxygen atoms in total.